The lowest BCUT2D eigenvalue weighted by atomic mass is 9.81. The van der Waals surface area contributed by atoms with Crippen LogP contribution in [0.4, 0.5) is 5.69 Å². The molecule has 0 spiro atoms. The molecule has 2 heterocycles. The lowest BCUT2D eigenvalue weighted by molar-refractivity contribution is 0.271. The summed E-state index contributed by atoms with van der Waals surface area (Å²) >= 11 is 9.93. The molecule has 4 heteroatoms. The zero-order valence-corrected chi connectivity index (χ0v) is 12.6. The van der Waals surface area contributed by atoms with Crippen LogP contribution in [-0.4, -0.2) is 18.1 Å². The molecule has 2 aliphatic heterocycles. The molecule has 2 atom stereocenters. The van der Waals surface area contributed by atoms with Gasteiger partial charge in [0.25, 0.3) is 0 Å². The molecule has 0 aromatic heterocycles. The van der Waals surface area contributed by atoms with E-state index < -0.39 is 0 Å². The lowest BCUT2D eigenvalue weighted by Crippen LogP contribution is -2.55. The Morgan fingerprint density at radius 2 is 1.89 bits per heavy atom. The molecule has 1 aromatic rings. The van der Waals surface area contributed by atoms with Crippen molar-refractivity contribution in [1.29, 1.82) is 0 Å². The first-order valence-corrected chi connectivity index (χ1v) is 7.81. The van der Waals surface area contributed by atoms with Gasteiger partial charge in [0, 0.05) is 22.6 Å². The van der Waals surface area contributed by atoms with Crippen molar-refractivity contribution in [2.24, 2.45) is 5.73 Å². The molecule has 2 nitrogen and oxygen atoms in total. The molecule has 2 aliphatic rings. The first kappa shape index (κ1) is 12.8. The molecular weight excluding hydrogens is 312 g/mol. The van der Waals surface area contributed by atoms with Gasteiger partial charge in [-0.2, -0.15) is 0 Å². The van der Waals surface area contributed by atoms with E-state index in [0.29, 0.717) is 18.1 Å². The minimum Gasteiger partial charge on any atom is -0.364 e. The van der Waals surface area contributed by atoms with E-state index >= 15 is 0 Å². The van der Waals surface area contributed by atoms with Crippen molar-refractivity contribution in [1.82, 2.24) is 0 Å². The minimum atomic E-state index is 0.363. The van der Waals surface area contributed by atoms with Crippen LogP contribution in [0.5, 0.6) is 0 Å². The molecule has 18 heavy (non-hydrogen) atoms. The molecule has 3 rings (SSSR count). The smallest absolute Gasteiger partial charge is 0.0640 e. The van der Waals surface area contributed by atoms with E-state index in [-0.39, 0.29) is 0 Å². The van der Waals surface area contributed by atoms with Crippen LogP contribution in [0.2, 0.25) is 5.02 Å². The molecule has 2 saturated heterocycles. The van der Waals surface area contributed by atoms with Gasteiger partial charge in [-0.15, -0.1) is 0 Å². The number of piperidine rings is 2. The fourth-order valence-corrected chi connectivity index (χ4v) is 4.06. The Kier molecular flexibility index (Phi) is 3.57. The third-order valence-corrected chi connectivity index (χ3v) is 5.01. The summed E-state index contributed by atoms with van der Waals surface area (Å²) in [4.78, 5) is 2.53. The van der Waals surface area contributed by atoms with Crippen LogP contribution >= 0.6 is 27.5 Å². The summed E-state index contributed by atoms with van der Waals surface area (Å²) in [5.74, 6) is 0. The summed E-state index contributed by atoms with van der Waals surface area (Å²) in [5.41, 5.74) is 7.34. The summed E-state index contributed by atoms with van der Waals surface area (Å²) in [6.45, 7) is 0. The van der Waals surface area contributed by atoms with Gasteiger partial charge in [0.05, 0.1) is 10.7 Å². The number of hydrogen-bond acceptors (Lipinski definition) is 2. The highest BCUT2D eigenvalue weighted by Gasteiger charge is 2.37. The van der Waals surface area contributed by atoms with E-state index in [1.807, 2.05) is 12.1 Å². The summed E-state index contributed by atoms with van der Waals surface area (Å²) in [6.07, 6.45) is 6.00. The fourth-order valence-electron chi connectivity index (χ4n) is 3.50. The second kappa shape index (κ2) is 5.03. The second-order valence-electron chi connectivity index (χ2n) is 5.47. The van der Waals surface area contributed by atoms with E-state index in [1.54, 1.807) is 0 Å². The molecular formula is C14H18BrClN2. The number of benzene rings is 1. The summed E-state index contributed by atoms with van der Waals surface area (Å²) in [7, 11) is 0. The van der Waals surface area contributed by atoms with Gasteiger partial charge in [0.15, 0.2) is 0 Å². The molecule has 0 saturated carbocycles. The molecule has 98 valence electrons. The summed E-state index contributed by atoms with van der Waals surface area (Å²) < 4.78 is 1.09. The molecule has 0 aliphatic carbocycles. The number of nitrogens with two attached hydrogens (primary N) is 1. The topological polar surface area (TPSA) is 29.3 Å². The summed E-state index contributed by atoms with van der Waals surface area (Å²) in [6, 6.07) is 7.62. The Labute approximate surface area is 122 Å². The van der Waals surface area contributed by atoms with Crippen LogP contribution in [0.25, 0.3) is 0 Å². The van der Waals surface area contributed by atoms with Crippen LogP contribution in [0, 0.1) is 0 Å². The maximum absolute atomic E-state index is 6.38. The Bertz CT molecular complexity index is 437. The highest BCUT2D eigenvalue weighted by molar-refractivity contribution is 9.10. The van der Waals surface area contributed by atoms with E-state index in [9.17, 15) is 0 Å². The van der Waals surface area contributed by atoms with Gasteiger partial charge in [-0.25, -0.2) is 0 Å². The first-order valence-electron chi connectivity index (χ1n) is 6.64. The van der Waals surface area contributed by atoms with Crippen LogP contribution in [0.3, 0.4) is 0 Å². The number of anilines is 1. The van der Waals surface area contributed by atoms with Crippen molar-refractivity contribution in [2.45, 2.75) is 50.2 Å². The zero-order chi connectivity index (χ0) is 12.7. The van der Waals surface area contributed by atoms with Crippen molar-refractivity contribution >= 4 is 33.2 Å². The molecule has 2 bridgehead atoms. The van der Waals surface area contributed by atoms with Crippen molar-refractivity contribution in [3.63, 3.8) is 0 Å². The number of halogens is 2. The molecule has 2 unspecified atom stereocenters. The quantitative estimate of drug-likeness (QED) is 0.845. The molecule has 2 fully saturated rings. The van der Waals surface area contributed by atoms with E-state index in [0.717, 1.165) is 22.3 Å². The Morgan fingerprint density at radius 1 is 1.22 bits per heavy atom. The van der Waals surface area contributed by atoms with E-state index in [1.165, 1.54) is 24.9 Å². The number of nitrogens with zero attached hydrogens (tertiary/aromatic N) is 1. The number of rotatable bonds is 1. The van der Waals surface area contributed by atoms with Gasteiger partial charge in [-0.05, 0) is 50.3 Å². The van der Waals surface area contributed by atoms with Crippen molar-refractivity contribution < 1.29 is 0 Å². The van der Waals surface area contributed by atoms with Gasteiger partial charge < -0.3 is 10.6 Å². The SMILES string of the molecule is NC1CC2CCCC(C1)N2c1cc(Br)ccc1Cl. The van der Waals surface area contributed by atoms with Crippen LogP contribution < -0.4 is 10.6 Å². The zero-order valence-electron chi connectivity index (χ0n) is 10.3. The van der Waals surface area contributed by atoms with Crippen LogP contribution in [-0.2, 0) is 0 Å². The van der Waals surface area contributed by atoms with Crippen molar-refractivity contribution in [2.75, 3.05) is 4.90 Å². The van der Waals surface area contributed by atoms with Crippen LogP contribution in [0.1, 0.15) is 32.1 Å². The van der Waals surface area contributed by atoms with Gasteiger partial charge in [0.2, 0.25) is 0 Å². The molecule has 0 radical (unpaired) electrons. The van der Waals surface area contributed by atoms with Gasteiger partial charge in [0.1, 0.15) is 0 Å². The van der Waals surface area contributed by atoms with E-state index in [2.05, 4.69) is 26.9 Å². The standard InChI is InChI=1S/C14H18BrClN2/c15-9-4-5-13(16)14(6-9)18-11-2-1-3-12(18)8-10(17)7-11/h4-6,10-12H,1-3,7-8,17H2. The van der Waals surface area contributed by atoms with E-state index in [4.69, 9.17) is 17.3 Å². The van der Waals surface area contributed by atoms with Gasteiger partial charge in [-0.3, -0.25) is 0 Å². The number of hydrogen-bond donors (Lipinski definition) is 1. The lowest BCUT2D eigenvalue weighted by Gasteiger charge is -2.50. The predicted molar refractivity (Wildman–Crippen MR) is 80.3 cm³/mol. The Balaban J connectivity index is 1.97. The Hall–Kier alpha value is -0.250. The van der Waals surface area contributed by atoms with Crippen molar-refractivity contribution in [3.8, 4) is 0 Å². The predicted octanol–water partition coefficient (Wildman–Crippen LogP) is 3.95. The van der Waals surface area contributed by atoms with Gasteiger partial charge in [-0.1, -0.05) is 27.5 Å². The maximum Gasteiger partial charge on any atom is 0.0640 e. The highest BCUT2D eigenvalue weighted by Crippen LogP contribution is 2.41. The maximum atomic E-state index is 6.38. The molecule has 1 aromatic carbocycles. The fraction of sp³-hybridized carbons (Fsp3) is 0.571. The molecule has 2 N–H and O–H groups in total. The Morgan fingerprint density at radius 3 is 2.56 bits per heavy atom. The monoisotopic (exact) mass is 328 g/mol. The normalized spacial score (nSPS) is 31.5. The average Bonchev–Trinajstić information content (AvgIpc) is 2.31. The molecule has 0 amide bonds. The second-order valence-corrected chi connectivity index (χ2v) is 6.80. The van der Waals surface area contributed by atoms with Gasteiger partial charge >= 0.3 is 0 Å². The minimum absolute atomic E-state index is 0.363. The highest BCUT2D eigenvalue weighted by atomic mass is 79.9. The van der Waals surface area contributed by atoms with Crippen molar-refractivity contribution in [3.05, 3.63) is 27.7 Å². The third kappa shape index (κ3) is 2.28. The van der Waals surface area contributed by atoms with Crippen LogP contribution in [0.15, 0.2) is 22.7 Å². The first-order chi connectivity index (χ1) is 8.65. The summed E-state index contributed by atoms with van der Waals surface area (Å²) in [5, 5.41) is 0.852. The third-order valence-electron chi connectivity index (χ3n) is 4.20. The number of fused-ring (bicyclic) bond motifs is 2. The largest absolute Gasteiger partial charge is 0.364 e. The average molecular weight is 330 g/mol.